The number of nitrogens with one attached hydrogen (secondary N) is 1. The molecular weight excluding hydrogens is 484 g/mol. The summed E-state index contributed by atoms with van der Waals surface area (Å²) in [5, 5.41) is 12.7. The summed E-state index contributed by atoms with van der Waals surface area (Å²) in [6.45, 7) is 4.33. The van der Waals surface area contributed by atoms with Gasteiger partial charge in [0.25, 0.3) is 11.5 Å². The molecule has 0 bridgehead atoms. The maximum Gasteiger partial charge on any atom is 0.268 e. The second-order valence-electron chi connectivity index (χ2n) is 9.85. The molecule has 2 amide bonds. The van der Waals surface area contributed by atoms with Crippen LogP contribution in [0.1, 0.15) is 65.2 Å². The first-order valence-electron chi connectivity index (χ1n) is 13.3. The molecule has 0 saturated carbocycles. The van der Waals surface area contributed by atoms with Gasteiger partial charge in [0.15, 0.2) is 5.78 Å². The molecule has 3 heterocycles. The van der Waals surface area contributed by atoms with Crippen molar-refractivity contribution in [3.63, 3.8) is 0 Å². The van der Waals surface area contributed by atoms with Crippen LogP contribution in [0.15, 0.2) is 41.2 Å². The Hall–Kier alpha value is -3.72. The summed E-state index contributed by atoms with van der Waals surface area (Å²) in [5.74, 6) is -0.690. The Morgan fingerprint density at radius 3 is 2.37 bits per heavy atom. The summed E-state index contributed by atoms with van der Waals surface area (Å²) >= 11 is 0. The molecule has 9 heteroatoms. The number of nitrogens with zero attached hydrogens (tertiary/aromatic N) is 3. The minimum absolute atomic E-state index is 0.0604. The topological polar surface area (TPSA) is 114 Å². The van der Waals surface area contributed by atoms with Gasteiger partial charge in [0, 0.05) is 37.4 Å². The fourth-order valence-corrected chi connectivity index (χ4v) is 5.41. The van der Waals surface area contributed by atoms with E-state index < -0.39 is 6.61 Å². The fraction of sp³-hybridized carbons (Fsp3) is 0.448. The Morgan fingerprint density at radius 2 is 1.76 bits per heavy atom. The van der Waals surface area contributed by atoms with E-state index in [0.29, 0.717) is 66.5 Å². The van der Waals surface area contributed by atoms with Gasteiger partial charge in [-0.15, -0.1) is 0 Å². The molecule has 1 saturated heterocycles. The molecule has 0 unspecified atom stereocenters. The van der Waals surface area contributed by atoms with Crippen LogP contribution in [0, 0.1) is 0 Å². The number of likely N-dealkylation sites (tertiary alicyclic amines) is 1. The van der Waals surface area contributed by atoms with Gasteiger partial charge in [-0.05, 0) is 37.3 Å². The number of aromatic nitrogens is 2. The number of hydrogen-bond donors (Lipinski definition) is 2. The number of pyridine rings is 1. The quantitative estimate of drug-likeness (QED) is 0.421. The van der Waals surface area contributed by atoms with Crippen molar-refractivity contribution >= 4 is 28.5 Å². The molecule has 2 N–H and O–H groups in total. The number of aliphatic hydroxyl groups is 1. The zero-order valence-corrected chi connectivity index (χ0v) is 22.3. The third-order valence-electron chi connectivity index (χ3n) is 7.44. The number of hydrogen-bond acceptors (Lipinski definition) is 5. The third-order valence-corrected chi connectivity index (χ3v) is 7.44. The van der Waals surface area contributed by atoms with Gasteiger partial charge < -0.3 is 24.5 Å². The van der Waals surface area contributed by atoms with Gasteiger partial charge in [0.05, 0.1) is 17.4 Å². The Bertz CT molecular complexity index is 1400. The fourth-order valence-electron chi connectivity index (χ4n) is 5.41. The molecule has 1 fully saturated rings. The van der Waals surface area contributed by atoms with E-state index in [0.717, 1.165) is 12.1 Å². The number of amides is 2. The first kappa shape index (κ1) is 27.3. The van der Waals surface area contributed by atoms with Gasteiger partial charge >= 0.3 is 0 Å². The van der Waals surface area contributed by atoms with Crippen LogP contribution in [0.4, 0.5) is 0 Å². The van der Waals surface area contributed by atoms with Crippen molar-refractivity contribution < 1.29 is 19.5 Å². The molecule has 4 rings (SSSR count). The monoisotopic (exact) mass is 520 g/mol. The number of carbonyl (C=O) groups excluding carboxylic acids is 3. The van der Waals surface area contributed by atoms with Crippen LogP contribution in [0.3, 0.4) is 0 Å². The minimum Gasteiger partial charge on any atom is -0.387 e. The highest BCUT2D eigenvalue weighted by atomic mass is 16.3. The zero-order valence-electron chi connectivity index (χ0n) is 22.3. The van der Waals surface area contributed by atoms with Crippen LogP contribution in [0.25, 0.3) is 10.9 Å². The number of benzene rings is 1. The van der Waals surface area contributed by atoms with Gasteiger partial charge in [0.2, 0.25) is 5.91 Å². The molecule has 1 aromatic carbocycles. The highest BCUT2D eigenvalue weighted by Gasteiger charge is 2.28. The lowest BCUT2D eigenvalue weighted by molar-refractivity contribution is -0.135. The van der Waals surface area contributed by atoms with E-state index in [1.807, 2.05) is 26.0 Å². The van der Waals surface area contributed by atoms with Gasteiger partial charge in [-0.3, -0.25) is 19.2 Å². The molecular formula is C29H36N4O5. The maximum atomic E-state index is 13.9. The van der Waals surface area contributed by atoms with E-state index in [9.17, 15) is 19.2 Å². The number of ketones is 1. The third kappa shape index (κ3) is 5.29. The summed E-state index contributed by atoms with van der Waals surface area (Å²) in [6, 6.07) is 10.8. The summed E-state index contributed by atoms with van der Waals surface area (Å²) in [5.41, 5.74) is 2.88. The molecule has 2 aromatic heterocycles. The molecule has 0 atom stereocenters. The van der Waals surface area contributed by atoms with Crippen molar-refractivity contribution in [1.82, 2.24) is 19.4 Å². The number of fused-ring (bicyclic) bond motifs is 1. The van der Waals surface area contributed by atoms with Crippen molar-refractivity contribution in [2.45, 2.75) is 58.5 Å². The Morgan fingerprint density at radius 1 is 1.08 bits per heavy atom. The first-order valence-corrected chi connectivity index (χ1v) is 13.3. The number of aliphatic hydroxyl groups excluding tert-OH is 1. The largest absolute Gasteiger partial charge is 0.387 e. The number of Topliss-reactive ketones (excluding diaryl/α,β-unsaturated/α-hetero) is 1. The Balaban J connectivity index is 1.70. The molecule has 1 aliphatic rings. The van der Waals surface area contributed by atoms with Crippen LogP contribution in [0.5, 0.6) is 0 Å². The Labute approximate surface area is 222 Å². The predicted octanol–water partition coefficient (Wildman–Crippen LogP) is 2.45. The average Bonchev–Trinajstić information content (AvgIpc) is 3.21. The van der Waals surface area contributed by atoms with E-state index in [1.165, 1.54) is 0 Å². The van der Waals surface area contributed by atoms with Gasteiger partial charge in [-0.2, -0.15) is 0 Å². The van der Waals surface area contributed by atoms with Crippen molar-refractivity contribution in [2.75, 3.05) is 19.7 Å². The van der Waals surface area contributed by atoms with E-state index in [-0.39, 0.29) is 35.7 Å². The second-order valence-corrected chi connectivity index (χ2v) is 9.85. The van der Waals surface area contributed by atoms with Gasteiger partial charge in [-0.1, -0.05) is 50.6 Å². The predicted molar refractivity (Wildman–Crippen MR) is 145 cm³/mol. The van der Waals surface area contributed by atoms with Crippen LogP contribution in [-0.4, -0.2) is 62.5 Å². The standard InChI is InChI=1S/C29H36N4O5/c1-4-9-22-26-23(16-21(5-2)33(29(26)38)17-24(35)19-10-7-6-8-11-19)31(3)27(22)28(37)30-20-12-14-32(15-13-20)25(36)18-34/h6-8,10-11,16,20,34H,4-5,9,12-15,17-18H2,1-3H3,(H,30,37). The van der Waals surface area contributed by atoms with Gasteiger partial charge in [0.1, 0.15) is 12.3 Å². The lowest BCUT2D eigenvalue weighted by Gasteiger charge is -2.32. The molecule has 0 aliphatic carbocycles. The molecule has 9 nitrogen and oxygen atoms in total. The number of aryl methyl sites for hydroxylation is 3. The normalized spacial score (nSPS) is 14.2. The summed E-state index contributed by atoms with van der Waals surface area (Å²) < 4.78 is 3.34. The molecule has 3 aromatic rings. The summed E-state index contributed by atoms with van der Waals surface area (Å²) in [6.07, 6.45) is 3.06. The Kier molecular flexibility index (Phi) is 8.46. The first-order chi connectivity index (χ1) is 18.3. The summed E-state index contributed by atoms with van der Waals surface area (Å²) in [7, 11) is 1.80. The highest BCUT2D eigenvalue weighted by Crippen LogP contribution is 2.26. The van der Waals surface area contributed by atoms with E-state index in [4.69, 9.17) is 5.11 Å². The number of piperidine rings is 1. The molecule has 202 valence electrons. The smallest absolute Gasteiger partial charge is 0.268 e. The average molecular weight is 521 g/mol. The van der Waals surface area contributed by atoms with Gasteiger partial charge in [-0.25, -0.2) is 0 Å². The molecule has 0 spiro atoms. The molecule has 38 heavy (non-hydrogen) atoms. The van der Waals surface area contributed by atoms with Crippen molar-refractivity contribution in [2.24, 2.45) is 7.05 Å². The van der Waals surface area contributed by atoms with Crippen LogP contribution in [-0.2, 0) is 31.2 Å². The highest BCUT2D eigenvalue weighted by molar-refractivity contribution is 6.02. The lowest BCUT2D eigenvalue weighted by Crippen LogP contribution is -2.47. The van der Waals surface area contributed by atoms with Crippen molar-refractivity contribution in [1.29, 1.82) is 0 Å². The molecule has 1 aliphatic heterocycles. The van der Waals surface area contributed by atoms with Crippen LogP contribution in [0.2, 0.25) is 0 Å². The van der Waals surface area contributed by atoms with Crippen molar-refractivity contribution in [3.05, 3.63) is 69.3 Å². The second kappa shape index (κ2) is 11.8. The van der Waals surface area contributed by atoms with E-state index in [1.54, 1.807) is 45.3 Å². The van der Waals surface area contributed by atoms with Crippen molar-refractivity contribution in [3.8, 4) is 0 Å². The zero-order chi connectivity index (χ0) is 27.4. The lowest BCUT2D eigenvalue weighted by atomic mass is 10.0. The van der Waals surface area contributed by atoms with E-state index >= 15 is 0 Å². The minimum atomic E-state index is -0.512. The SMILES string of the molecule is CCCc1c(C(=O)NC2CCN(C(=O)CO)CC2)n(C)c2cc(CC)n(CC(=O)c3ccccc3)c(=O)c12. The maximum absolute atomic E-state index is 13.9. The summed E-state index contributed by atoms with van der Waals surface area (Å²) in [4.78, 5) is 53.8. The van der Waals surface area contributed by atoms with Crippen LogP contribution >= 0.6 is 0 Å². The van der Waals surface area contributed by atoms with E-state index in [2.05, 4.69) is 5.32 Å². The number of rotatable bonds is 9. The number of carbonyl (C=O) groups is 3. The van der Waals surface area contributed by atoms with Crippen LogP contribution < -0.4 is 10.9 Å². The molecule has 0 radical (unpaired) electrons.